The summed E-state index contributed by atoms with van der Waals surface area (Å²) in [6.07, 6.45) is 6.97. The van der Waals surface area contributed by atoms with Gasteiger partial charge in [0.25, 0.3) is 5.69 Å². The van der Waals surface area contributed by atoms with Crippen molar-refractivity contribution in [3.8, 4) is 11.5 Å². The molecule has 0 N–H and O–H groups in total. The van der Waals surface area contributed by atoms with Crippen LogP contribution in [0.25, 0.3) is 0 Å². The highest BCUT2D eigenvalue weighted by Gasteiger charge is 2.34. The number of fused-ring (bicyclic) bond motifs is 1. The van der Waals surface area contributed by atoms with Crippen LogP contribution in [0, 0.1) is 10.1 Å². The fourth-order valence-electron chi connectivity index (χ4n) is 4.53. The van der Waals surface area contributed by atoms with Crippen LogP contribution in [-0.2, 0) is 4.74 Å². The zero-order valence-electron chi connectivity index (χ0n) is 18.1. The lowest BCUT2D eigenvalue weighted by molar-refractivity contribution is -0.386. The number of carbonyl (C=O) groups is 1. The molecule has 30 heavy (non-hydrogen) atoms. The summed E-state index contributed by atoms with van der Waals surface area (Å²) in [5.41, 5.74) is 0.175. The molecule has 1 aliphatic heterocycles. The first-order valence-electron chi connectivity index (χ1n) is 11.0. The van der Waals surface area contributed by atoms with Crippen LogP contribution in [0.3, 0.4) is 0 Å². The molecule has 2 aliphatic rings. The zero-order valence-corrected chi connectivity index (χ0v) is 18.1. The third-order valence-corrected chi connectivity index (χ3v) is 6.10. The SMILES string of the molecule is CCCC(CC)N(C(=O)OC(C)c1cc2c(cc1[N+](=O)[O-])OCO2)C1CCCCC1. The van der Waals surface area contributed by atoms with E-state index in [1.807, 2.05) is 4.90 Å². The van der Waals surface area contributed by atoms with E-state index in [1.165, 1.54) is 12.5 Å². The van der Waals surface area contributed by atoms with Gasteiger partial charge in [0, 0.05) is 12.1 Å². The van der Waals surface area contributed by atoms with Gasteiger partial charge in [0.15, 0.2) is 11.5 Å². The summed E-state index contributed by atoms with van der Waals surface area (Å²) in [6, 6.07) is 3.17. The molecule has 1 aliphatic carbocycles. The van der Waals surface area contributed by atoms with E-state index in [2.05, 4.69) is 13.8 Å². The van der Waals surface area contributed by atoms with E-state index in [0.717, 1.165) is 44.9 Å². The predicted octanol–water partition coefficient (Wildman–Crippen LogP) is 5.73. The Bertz CT molecular complexity index is 757. The van der Waals surface area contributed by atoms with Crippen molar-refractivity contribution in [1.29, 1.82) is 0 Å². The van der Waals surface area contributed by atoms with Crippen LogP contribution in [0.1, 0.15) is 83.8 Å². The van der Waals surface area contributed by atoms with Gasteiger partial charge in [0.05, 0.1) is 16.6 Å². The Balaban J connectivity index is 1.83. The predicted molar refractivity (Wildman–Crippen MR) is 112 cm³/mol. The molecule has 0 spiro atoms. The van der Waals surface area contributed by atoms with E-state index in [-0.39, 0.29) is 30.7 Å². The third-order valence-electron chi connectivity index (χ3n) is 6.10. The van der Waals surface area contributed by atoms with Gasteiger partial charge in [0.2, 0.25) is 6.79 Å². The Labute approximate surface area is 177 Å². The van der Waals surface area contributed by atoms with Crippen LogP contribution in [0.4, 0.5) is 10.5 Å². The Kier molecular flexibility index (Phi) is 7.39. The maximum Gasteiger partial charge on any atom is 0.410 e. The number of nitro groups is 1. The molecule has 8 nitrogen and oxygen atoms in total. The lowest BCUT2D eigenvalue weighted by atomic mass is 9.92. The molecule has 1 aromatic rings. The second kappa shape index (κ2) is 10.00. The van der Waals surface area contributed by atoms with Gasteiger partial charge in [-0.3, -0.25) is 10.1 Å². The van der Waals surface area contributed by atoms with Gasteiger partial charge in [0.1, 0.15) is 6.10 Å². The van der Waals surface area contributed by atoms with Crippen molar-refractivity contribution >= 4 is 11.8 Å². The topological polar surface area (TPSA) is 91.1 Å². The van der Waals surface area contributed by atoms with Crippen molar-refractivity contribution in [2.45, 2.75) is 90.3 Å². The average molecular weight is 421 g/mol. The van der Waals surface area contributed by atoms with Crippen molar-refractivity contribution in [3.05, 3.63) is 27.8 Å². The van der Waals surface area contributed by atoms with Crippen LogP contribution >= 0.6 is 0 Å². The molecule has 2 atom stereocenters. The second-order valence-electron chi connectivity index (χ2n) is 8.10. The molecule has 166 valence electrons. The standard InChI is InChI=1S/C22H32N2O6/c1-4-9-16(5-2)23(17-10-7-6-8-11-17)22(25)30-15(3)18-12-20-21(29-14-28-20)13-19(18)24(26)27/h12-13,15-17H,4-11,14H2,1-3H3. The van der Waals surface area contributed by atoms with Crippen molar-refractivity contribution < 1.29 is 23.9 Å². The molecule has 1 fully saturated rings. The van der Waals surface area contributed by atoms with Crippen LogP contribution in [0.2, 0.25) is 0 Å². The number of benzene rings is 1. The van der Waals surface area contributed by atoms with E-state index in [4.69, 9.17) is 14.2 Å². The number of amides is 1. The van der Waals surface area contributed by atoms with Gasteiger partial charge in [-0.05, 0) is 38.7 Å². The minimum Gasteiger partial charge on any atom is -0.454 e. The molecule has 8 heteroatoms. The Morgan fingerprint density at radius 2 is 1.90 bits per heavy atom. The smallest absolute Gasteiger partial charge is 0.410 e. The Hall–Kier alpha value is -2.51. The zero-order chi connectivity index (χ0) is 21.7. The molecule has 1 saturated carbocycles. The first-order valence-corrected chi connectivity index (χ1v) is 11.0. The van der Waals surface area contributed by atoms with E-state index in [9.17, 15) is 14.9 Å². The van der Waals surface area contributed by atoms with Gasteiger partial charge in [-0.15, -0.1) is 0 Å². The first kappa shape index (κ1) is 22.2. The van der Waals surface area contributed by atoms with Gasteiger partial charge < -0.3 is 19.1 Å². The Morgan fingerprint density at radius 3 is 2.50 bits per heavy atom. The molecule has 0 saturated heterocycles. The quantitative estimate of drug-likeness (QED) is 0.394. The molecular formula is C22H32N2O6. The van der Waals surface area contributed by atoms with Crippen molar-refractivity contribution in [2.24, 2.45) is 0 Å². The maximum absolute atomic E-state index is 13.3. The van der Waals surface area contributed by atoms with Gasteiger partial charge in [-0.2, -0.15) is 0 Å². The summed E-state index contributed by atoms with van der Waals surface area (Å²) >= 11 is 0. The minimum absolute atomic E-state index is 0.0226. The number of rotatable bonds is 8. The monoisotopic (exact) mass is 420 g/mol. The van der Waals surface area contributed by atoms with Crippen LogP contribution < -0.4 is 9.47 Å². The Morgan fingerprint density at radius 1 is 1.23 bits per heavy atom. The van der Waals surface area contributed by atoms with Crippen molar-refractivity contribution in [3.63, 3.8) is 0 Å². The minimum atomic E-state index is -0.780. The molecule has 1 heterocycles. The number of hydrogen-bond acceptors (Lipinski definition) is 6. The molecule has 1 amide bonds. The van der Waals surface area contributed by atoms with Gasteiger partial charge in [-0.1, -0.05) is 39.5 Å². The molecule has 1 aromatic carbocycles. The second-order valence-corrected chi connectivity index (χ2v) is 8.10. The number of ether oxygens (including phenoxy) is 3. The van der Waals surface area contributed by atoms with E-state index < -0.39 is 11.0 Å². The fraction of sp³-hybridized carbons (Fsp3) is 0.682. The van der Waals surface area contributed by atoms with Crippen LogP contribution in [0.5, 0.6) is 11.5 Å². The lowest BCUT2D eigenvalue weighted by Gasteiger charge is -2.39. The largest absolute Gasteiger partial charge is 0.454 e. The number of hydrogen-bond donors (Lipinski definition) is 0. The van der Waals surface area contributed by atoms with Gasteiger partial charge >= 0.3 is 6.09 Å². The van der Waals surface area contributed by atoms with Crippen molar-refractivity contribution in [1.82, 2.24) is 4.90 Å². The normalized spacial score (nSPS) is 18.0. The highest BCUT2D eigenvalue weighted by Crippen LogP contribution is 2.41. The van der Waals surface area contributed by atoms with Crippen molar-refractivity contribution in [2.75, 3.05) is 6.79 Å². The average Bonchev–Trinajstić information content (AvgIpc) is 3.20. The van der Waals surface area contributed by atoms with Gasteiger partial charge in [-0.25, -0.2) is 4.79 Å². The van der Waals surface area contributed by atoms with E-state index >= 15 is 0 Å². The summed E-state index contributed by atoms with van der Waals surface area (Å²) in [6.45, 7) is 5.90. The van der Waals surface area contributed by atoms with Crippen LogP contribution in [0.15, 0.2) is 12.1 Å². The van der Waals surface area contributed by atoms with Crippen LogP contribution in [-0.4, -0.2) is 34.8 Å². The number of nitrogens with zero attached hydrogens (tertiary/aromatic N) is 2. The number of nitro benzene ring substituents is 1. The summed E-state index contributed by atoms with van der Waals surface area (Å²) in [7, 11) is 0. The van der Waals surface area contributed by atoms with E-state index in [0.29, 0.717) is 17.1 Å². The fourth-order valence-corrected chi connectivity index (χ4v) is 4.53. The molecule has 3 rings (SSSR count). The summed E-state index contributed by atoms with van der Waals surface area (Å²) < 4.78 is 16.4. The molecule has 0 aromatic heterocycles. The third kappa shape index (κ3) is 4.79. The summed E-state index contributed by atoms with van der Waals surface area (Å²) in [5, 5.41) is 11.6. The molecule has 0 bridgehead atoms. The summed E-state index contributed by atoms with van der Waals surface area (Å²) in [5.74, 6) is 0.766. The maximum atomic E-state index is 13.3. The number of carbonyl (C=O) groups excluding carboxylic acids is 1. The highest BCUT2D eigenvalue weighted by molar-refractivity contribution is 5.69. The molecular weight excluding hydrogens is 388 g/mol. The summed E-state index contributed by atoms with van der Waals surface area (Å²) in [4.78, 5) is 26.3. The molecule has 2 unspecified atom stereocenters. The lowest BCUT2D eigenvalue weighted by Crippen LogP contribution is -2.48. The highest BCUT2D eigenvalue weighted by atomic mass is 16.7. The van der Waals surface area contributed by atoms with E-state index in [1.54, 1.807) is 13.0 Å². The first-order chi connectivity index (χ1) is 14.5. The molecule has 0 radical (unpaired) electrons.